The van der Waals surface area contributed by atoms with Gasteiger partial charge in [-0.3, -0.25) is 0 Å². The van der Waals surface area contributed by atoms with Gasteiger partial charge in [0.2, 0.25) is 0 Å². The highest BCUT2D eigenvalue weighted by atomic mass is 32.2. The molecule has 0 saturated heterocycles. The molecule has 0 aliphatic heterocycles. The molecule has 0 fully saturated rings. The molecule has 2 nitrogen and oxygen atoms in total. The molecule has 1 heterocycles. The van der Waals surface area contributed by atoms with Gasteiger partial charge in [0.15, 0.2) is 0 Å². The van der Waals surface area contributed by atoms with Crippen LogP contribution in [0.15, 0.2) is 23.0 Å². The standard InChI is InChI=1S/C12H21NOS/c1-4-12(5-2,15-3)10-13-8-11-6-7-14-9-11/h6-7,9,13H,4-5,8,10H2,1-3H3. The Morgan fingerprint density at radius 2 is 2.13 bits per heavy atom. The quantitative estimate of drug-likeness (QED) is 0.774. The predicted octanol–water partition coefficient (Wildman–Crippen LogP) is 3.29. The lowest BCUT2D eigenvalue weighted by Crippen LogP contribution is -2.36. The second kappa shape index (κ2) is 6.23. The molecule has 1 aromatic heterocycles. The molecule has 0 amide bonds. The summed E-state index contributed by atoms with van der Waals surface area (Å²) in [5, 5.41) is 3.50. The van der Waals surface area contributed by atoms with E-state index in [1.807, 2.05) is 17.8 Å². The average molecular weight is 227 g/mol. The molecular formula is C12H21NOS. The summed E-state index contributed by atoms with van der Waals surface area (Å²) < 4.78 is 5.42. The minimum absolute atomic E-state index is 0.393. The Kier molecular flexibility index (Phi) is 5.26. The molecule has 0 unspecified atom stereocenters. The fourth-order valence-electron chi connectivity index (χ4n) is 1.69. The van der Waals surface area contributed by atoms with Gasteiger partial charge in [0.1, 0.15) is 0 Å². The molecule has 0 radical (unpaired) electrons. The van der Waals surface area contributed by atoms with E-state index in [2.05, 4.69) is 25.4 Å². The summed E-state index contributed by atoms with van der Waals surface area (Å²) in [6, 6.07) is 2.01. The largest absolute Gasteiger partial charge is 0.472 e. The van der Waals surface area contributed by atoms with Crippen LogP contribution in [0.25, 0.3) is 0 Å². The van der Waals surface area contributed by atoms with E-state index in [9.17, 15) is 0 Å². The molecule has 86 valence electrons. The number of hydrogen-bond donors (Lipinski definition) is 1. The van der Waals surface area contributed by atoms with Crippen molar-refractivity contribution in [3.63, 3.8) is 0 Å². The molecule has 0 aliphatic carbocycles. The summed E-state index contributed by atoms with van der Waals surface area (Å²) in [6.07, 6.45) is 8.14. The Hall–Kier alpha value is -0.410. The first kappa shape index (κ1) is 12.7. The van der Waals surface area contributed by atoms with Crippen molar-refractivity contribution in [3.8, 4) is 0 Å². The molecule has 3 heteroatoms. The van der Waals surface area contributed by atoms with Crippen LogP contribution in [-0.4, -0.2) is 17.5 Å². The zero-order valence-corrected chi connectivity index (χ0v) is 10.7. The Morgan fingerprint density at radius 3 is 2.60 bits per heavy atom. The molecule has 15 heavy (non-hydrogen) atoms. The molecule has 0 spiro atoms. The summed E-state index contributed by atoms with van der Waals surface area (Å²) in [7, 11) is 0. The fraction of sp³-hybridized carbons (Fsp3) is 0.667. The van der Waals surface area contributed by atoms with Gasteiger partial charge >= 0.3 is 0 Å². The minimum atomic E-state index is 0.393. The maximum atomic E-state index is 5.03. The van der Waals surface area contributed by atoms with Gasteiger partial charge in [0.05, 0.1) is 12.5 Å². The van der Waals surface area contributed by atoms with Crippen LogP contribution < -0.4 is 5.32 Å². The van der Waals surface area contributed by atoms with Crippen LogP contribution in [0.4, 0.5) is 0 Å². The zero-order valence-electron chi connectivity index (χ0n) is 9.88. The molecule has 0 saturated carbocycles. The zero-order chi connectivity index (χ0) is 11.1. The van der Waals surface area contributed by atoms with Crippen LogP contribution in [-0.2, 0) is 6.54 Å². The lowest BCUT2D eigenvalue weighted by Gasteiger charge is -2.29. The lowest BCUT2D eigenvalue weighted by molar-refractivity contribution is 0.492. The van der Waals surface area contributed by atoms with Gasteiger partial charge in [-0.25, -0.2) is 0 Å². The van der Waals surface area contributed by atoms with Crippen LogP contribution >= 0.6 is 11.8 Å². The van der Waals surface area contributed by atoms with E-state index in [-0.39, 0.29) is 0 Å². The van der Waals surface area contributed by atoms with Crippen molar-refractivity contribution in [1.82, 2.24) is 5.32 Å². The van der Waals surface area contributed by atoms with Crippen molar-refractivity contribution >= 4 is 11.8 Å². The van der Waals surface area contributed by atoms with Crippen molar-refractivity contribution in [2.24, 2.45) is 0 Å². The number of nitrogens with one attached hydrogen (secondary N) is 1. The summed E-state index contributed by atoms with van der Waals surface area (Å²) >= 11 is 1.97. The van der Waals surface area contributed by atoms with Crippen molar-refractivity contribution in [2.45, 2.75) is 38.0 Å². The summed E-state index contributed by atoms with van der Waals surface area (Å²) in [6.45, 7) is 6.49. The monoisotopic (exact) mass is 227 g/mol. The second-order valence-electron chi connectivity index (χ2n) is 3.83. The first-order valence-electron chi connectivity index (χ1n) is 5.53. The van der Waals surface area contributed by atoms with Crippen LogP contribution in [0.1, 0.15) is 32.3 Å². The third kappa shape index (κ3) is 3.58. The van der Waals surface area contributed by atoms with Gasteiger partial charge in [-0.1, -0.05) is 13.8 Å². The Labute approximate surface area is 96.8 Å². The minimum Gasteiger partial charge on any atom is -0.472 e. The summed E-state index contributed by atoms with van der Waals surface area (Å²) in [5.41, 5.74) is 1.22. The predicted molar refractivity (Wildman–Crippen MR) is 67.2 cm³/mol. The van der Waals surface area contributed by atoms with Gasteiger partial charge in [-0.15, -0.1) is 0 Å². The van der Waals surface area contributed by atoms with Gasteiger partial charge in [-0.05, 0) is 25.2 Å². The summed E-state index contributed by atoms with van der Waals surface area (Å²) in [4.78, 5) is 0. The number of furan rings is 1. The number of thioether (sulfide) groups is 1. The molecular weight excluding hydrogens is 206 g/mol. The van der Waals surface area contributed by atoms with Crippen LogP contribution in [0, 0.1) is 0 Å². The van der Waals surface area contributed by atoms with E-state index in [4.69, 9.17) is 4.42 Å². The third-order valence-electron chi connectivity index (χ3n) is 3.08. The molecule has 0 atom stereocenters. The Bertz CT molecular complexity index is 246. The van der Waals surface area contributed by atoms with E-state index >= 15 is 0 Å². The maximum absolute atomic E-state index is 5.03. The van der Waals surface area contributed by atoms with Crippen molar-refractivity contribution in [3.05, 3.63) is 24.2 Å². The first-order valence-corrected chi connectivity index (χ1v) is 6.75. The van der Waals surface area contributed by atoms with Crippen LogP contribution in [0.2, 0.25) is 0 Å². The average Bonchev–Trinajstić information content (AvgIpc) is 2.78. The van der Waals surface area contributed by atoms with Gasteiger partial charge < -0.3 is 9.73 Å². The second-order valence-corrected chi connectivity index (χ2v) is 5.10. The van der Waals surface area contributed by atoms with E-state index in [0.29, 0.717) is 4.75 Å². The molecule has 1 N–H and O–H groups in total. The highest BCUT2D eigenvalue weighted by molar-refractivity contribution is 8.00. The highest BCUT2D eigenvalue weighted by Gasteiger charge is 2.23. The van der Waals surface area contributed by atoms with E-state index < -0.39 is 0 Å². The third-order valence-corrected chi connectivity index (χ3v) is 4.67. The number of rotatable bonds is 7. The van der Waals surface area contributed by atoms with E-state index in [1.54, 1.807) is 12.5 Å². The SMILES string of the molecule is CCC(CC)(CNCc1ccoc1)SC. The Morgan fingerprint density at radius 1 is 1.40 bits per heavy atom. The van der Waals surface area contributed by atoms with Crippen LogP contribution in [0.3, 0.4) is 0 Å². The molecule has 1 rings (SSSR count). The number of hydrogen-bond acceptors (Lipinski definition) is 3. The fourth-order valence-corrected chi connectivity index (χ4v) is 2.51. The molecule has 0 bridgehead atoms. The first-order chi connectivity index (χ1) is 7.26. The highest BCUT2D eigenvalue weighted by Crippen LogP contribution is 2.29. The summed E-state index contributed by atoms with van der Waals surface area (Å²) in [5.74, 6) is 0. The maximum Gasteiger partial charge on any atom is 0.0947 e. The Balaban J connectivity index is 2.34. The van der Waals surface area contributed by atoms with E-state index in [1.165, 1.54) is 18.4 Å². The van der Waals surface area contributed by atoms with E-state index in [0.717, 1.165) is 13.1 Å². The molecule has 1 aromatic rings. The van der Waals surface area contributed by atoms with Gasteiger partial charge in [0, 0.05) is 23.4 Å². The van der Waals surface area contributed by atoms with Gasteiger partial charge in [-0.2, -0.15) is 11.8 Å². The molecule has 0 aromatic carbocycles. The van der Waals surface area contributed by atoms with Crippen LogP contribution in [0.5, 0.6) is 0 Å². The smallest absolute Gasteiger partial charge is 0.0947 e. The lowest BCUT2D eigenvalue weighted by atomic mass is 10.0. The van der Waals surface area contributed by atoms with Crippen molar-refractivity contribution in [2.75, 3.05) is 12.8 Å². The van der Waals surface area contributed by atoms with Crippen molar-refractivity contribution in [1.29, 1.82) is 0 Å². The van der Waals surface area contributed by atoms with Crippen molar-refractivity contribution < 1.29 is 4.42 Å². The normalized spacial score (nSPS) is 11.9. The van der Waals surface area contributed by atoms with Gasteiger partial charge in [0.25, 0.3) is 0 Å². The molecule has 0 aliphatic rings. The topological polar surface area (TPSA) is 25.2 Å².